The molecule has 0 bridgehead atoms. The molecule has 0 saturated carbocycles. The summed E-state index contributed by atoms with van der Waals surface area (Å²) in [5.41, 5.74) is 8.01. The molecule has 0 atom stereocenters. The van der Waals surface area contributed by atoms with Gasteiger partial charge in [-0.2, -0.15) is 0 Å². The van der Waals surface area contributed by atoms with E-state index in [0.29, 0.717) is 0 Å². The van der Waals surface area contributed by atoms with Crippen molar-refractivity contribution < 1.29 is 0 Å². The summed E-state index contributed by atoms with van der Waals surface area (Å²) in [6.45, 7) is 5.23. The topological polar surface area (TPSA) is 50.9 Å². The van der Waals surface area contributed by atoms with Crippen molar-refractivity contribution in [2.75, 3.05) is 17.6 Å². The van der Waals surface area contributed by atoms with Gasteiger partial charge < -0.3 is 11.1 Å². The van der Waals surface area contributed by atoms with Gasteiger partial charge in [-0.05, 0) is 31.0 Å². The molecular formula is C14H19N3. The van der Waals surface area contributed by atoms with Gasteiger partial charge in [-0.25, -0.2) is 4.98 Å². The molecule has 1 aromatic heterocycles. The first kappa shape index (κ1) is 11.7. The third-order valence-electron chi connectivity index (χ3n) is 2.99. The fraction of sp³-hybridized carbons (Fsp3) is 0.357. The number of hydrogen-bond acceptors (Lipinski definition) is 3. The molecule has 2 aromatic rings. The van der Waals surface area contributed by atoms with E-state index < -0.39 is 0 Å². The highest BCUT2D eigenvalue weighted by Crippen LogP contribution is 2.28. The third-order valence-corrected chi connectivity index (χ3v) is 2.99. The number of aromatic nitrogens is 1. The highest BCUT2D eigenvalue weighted by atomic mass is 15.0. The molecule has 17 heavy (non-hydrogen) atoms. The normalized spacial score (nSPS) is 10.7. The number of nitrogens with zero attached hydrogens (tertiary/aromatic N) is 1. The van der Waals surface area contributed by atoms with Crippen molar-refractivity contribution in [3.63, 3.8) is 0 Å². The molecule has 3 nitrogen and oxygen atoms in total. The first-order valence-electron chi connectivity index (χ1n) is 6.11. The Morgan fingerprint density at radius 2 is 2.12 bits per heavy atom. The van der Waals surface area contributed by atoms with Crippen molar-refractivity contribution in [1.82, 2.24) is 4.98 Å². The summed E-state index contributed by atoms with van der Waals surface area (Å²) >= 11 is 0. The second kappa shape index (κ2) is 5.04. The first-order valence-corrected chi connectivity index (χ1v) is 6.11. The van der Waals surface area contributed by atoms with E-state index in [2.05, 4.69) is 24.1 Å². The predicted octanol–water partition coefficient (Wildman–Crippen LogP) is 3.34. The Balaban J connectivity index is 2.45. The van der Waals surface area contributed by atoms with E-state index in [0.717, 1.165) is 35.2 Å². The van der Waals surface area contributed by atoms with Crippen molar-refractivity contribution >= 4 is 22.3 Å². The number of aryl methyl sites for hydroxylation is 1. The van der Waals surface area contributed by atoms with Crippen LogP contribution in [0.1, 0.15) is 25.3 Å². The molecule has 0 aliphatic rings. The second-order valence-electron chi connectivity index (χ2n) is 4.33. The van der Waals surface area contributed by atoms with Crippen LogP contribution in [0, 0.1) is 6.92 Å². The molecule has 3 N–H and O–H groups in total. The van der Waals surface area contributed by atoms with Crippen LogP contribution in [0.3, 0.4) is 0 Å². The largest absolute Gasteiger partial charge is 0.398 e. The SMILES string of the molecule is CCCCNc1nccc2c(N)ccc(C)c12. The Bertz CT molecular complexity index is 520. The molecule has 0 amide bonds. The number of fused-ring (bicyclic) bond motifs is 1. The third kappa shape index (κ3) is 2.33. The zero-order valence-electron chi connectivity index (χ0n) is 10.5. The van der Waals surface area contributed by atoms with Gasteiger partial charge in [0.05, 0.1) is 0 Å². The van der Waals surface area contributed by atoms with Crippen LogP contribution in [0.2, 0.25) is 0 Å². The van der Waals surface area contributed by atoms with Crippen LogP contribution in [-0.4, -0.2) is 11.5 Å². The summed E-state index contributed by atoms with van der Waals surface area (Å²) in [4.78, 5) is 4.41. The molecular weight excluding hydrogens is 210 g/mol. The predicted molar refractivity (Wildman–Crippen MR) is 74.3 cm³/mol. The van der Waals surface area contributed by atoms with E-state index in [1.54, 1.807) is 0 Å². The van der Waals surface area contributed by atoms with Gasteiger partial charge >= 0.3 is 0 Å². The van der Waals surface area contributed by atoms with E-state index in [1.165, 1.54) is 12.0 Å². The standard InChI is InChI=1S/C14H19N3/c1-3-4-8-16-14-13-10(2)5-6-12(15)11(13)7-9-17-14/h5-7,9H,3-4,8,15H2,1-2H3,(H,16,17). The van der Waals surface area contributed by atoms with Crippen LogP contribution in [0.25, 0.3) is 10.8 Å². The Hall–Kier alpha value is -1.77. The molecule has 1 heterocycles. The maximum Gasteiger partial charge on any atom is 0.134 e. The maximum absolute atomic E-state index is 5.99. The van der Waals surface area contributed by atoms with Gasteiger partial charge in [-0.3, -0.25) is 0 Å². The molecule has 0 fully saturated rings. The quantitative estimate of drug-likeness (QED) is 0.624. The highest BCUT2D eigenvalue weighted by Gasteiger charge is 2.06. The lowest BCUT2D eigenvalue weighted by Crippen LogP contribution is -2.04. The lowest BCUT2D eigenvalue weighted by molar-refractivity contribution is 0.832. The first-order chi connectivity index (χ1) is 8.24. The minimum Gasteiger partial charge on any atom is -0.398 e. The summed E-state index contributed by atoms with van der Waals surface area (Å²) in [5.74, 6) is 0.945. The smallest absolute Gasteiger partial charge is 0.134 e. The van der Waals surface area contributed by atoms with Gasteiger partial charge in [-0.15, -0.1) is 0 Å². The lowest BCUT2D eigenvalue weighted by Gasteiger charge is -2.11. The molecule has 0 radical (unpaired) electrons. The molecule has 0 saturated heterocycles. The van der Waals surface area contributed by atoms with Gasteiger partial charge in [0.25, 0.3) is 0 Å². The summed E-state index contributed by atoms with van der Waals surface area (Å²) in [6.07, 6.45) is 4.14. The Kier molecular flexibility index (Phi) is 3.47. The average Bonchev–Trinajstić information content (AvgIpc) is 2.34. The average molecular weight is 229 g/mol. The van der Waals surface area contributed by atoms with Crippen LogP contribution in [0.5, 0.6) is 0 Å². The van der Waals surface area contributed by atoms with Crippen LogP contribution < -0.4 is 11.1 Å². The van der Waals surface area contributed by atoms with Gasteiger partial charge in [0.2, 0.25) is 0 Å². The summed E-state index contributed by atoms with van der Waals surface area (Å²) < 4.78 is 0. The molecule has 0 unspecified atom stereocenters. The van der Waals surface area contributed by atoms with Crippen molar-refractivity contribution in [2.45, 2.75) is 26.7 Å². The molecule has 0 aliphatic heterocycles. The number of nitrogen functional groups attached to an aromatic ring is 1. The molecule has 0 spiro atoms. The summed E-state index contributed by atoms with van der Waals surface area (Å²) in [5, 5.41) is 5.61. The number of anilines is 2. The van der Waals surface area contributed by atoms with Crippen LogP contribution >= 0.6 is 0 Å². The van der Waals surface area contributed by atoms with E-state index in [1.807, 2.05) is 24.4 Å². The zero-order chi connectivity index (χ0) is 12.3. The molecule has 3 heteroatoms. The number of rotatable bonds is 4. The monoisotopic (exact) mass is 229 g/mol. The lowest BCUT2D eigenvalue weighted by atomic mass is 10.1. The van der Waals surface area contributed by atoms with Crippen molar-refractivity contribution in [3.8, 4) is 0 Å². The van der Waals surface area contributed by atoms with E-state index in [9.17, 15) is 0 Å². The van der Waals surface area contributed by atoms with E-state index in [-0.39, 0.29) is 0 Å². The van der Waals surface area contributed by atoms with Crippen LogP contribution in [0.4, 0.5) is 11.5 Å². The van der Waals surface area contributed by atoms with Crippen molar-refractivity contribution in [3.05, 3.63) is 30.0 Å². The molecule has 0 aliphatic carbocycles. The Labute approximate surface area is 102 Å². The minimum absolute atomic E-state index is 0.812. The molecule has 2 rings (SSSR count). The van der Waals surface area contributed by atoms with E-state index >= 15 is 0 Å². The minimum atomic E-state index is 0.812. The summed E-state index contributed by atoms with van der Waals surface area (Å²) in [7, 11) is 0. The van der Waals surface area contributed by atoms with Gasteiger partial charge in [0.1, 0.15) is 5.82 Å². The number of nitrogens with one attached hydrogen (secondary N) is 1. The Morgan fingerprint density at radius 1 is 1.29 bits per heavy atom. The van der Waals surface area contributed by atoms with E-state index in [4.69, 9.17) is 5.73 Å². The zero-order valence-corrected chi connectivity index (χ0v) is 10.5. The van der Waals surface area contributed by atoms with Crippen molar-refractivity contribution in [1.29, 1.82) is 0 Å². The summed E-state index contributed by atoms with van der Waals surface area (Å²) in [6, 6.07) is 5.97. The Morgan fingerprint density at radius 3 is 2.88 bits per heavy atom. The van der Waals surface area contributed by atoms with Gasteiger partial charge in [0, 0.05) is 29.2 Å². The molecule has 90 valence electrons. The van der Waals surface area contributed by atoms with Gasteiger partial charge in [-0.1, -0.05) is 19.4 Å². The number of pyridine rings is 1. The maximum atomic E-state index is 5.99. The van der Waals surface area contributed by atoms with Crippen molar-refractivity contribution in [2.24, 2.45) is 0 Å². The van der Waals surface area contributed by atoms with Gasteiger partial charge in [0.15, 0.2) is 0 Å². The fourth-order valence-corrected chi connectivity index (χ4v) is 2.01. The molecule has 1 aromatic carbocycles. The number of nitrogens with two attached hydrogens (primary N) is 1. The number of unbranched alkanes of at least 4 members (excludes halogenated alkanes) is 1. The number of benzene rings is 1. The fourth-order valence-electron chi connectivity index (χ4n) is 2.01. The van der Waals surface area contributed by atoms with Crippen LogP contribution in [-0.2, 0) is 0 Å². The number of hydrogen-bond donors (Lipinski definition) is 2. The highest BCUT2D eigenvalue weighted by molar-refractivity contribution is 6.01. The second-order valence-corrected chi connectivity index (χ2v) is 4.33. The van der Waals surface area contributed by atoms with Crippen LogP contribution in [0.15, 0.2) is 24.4 Å².